The summed E-state index contributed by atoms with van der Waals surface area (Å²) in [6.07, 6.45) is 4.17. The van der Waals surface area contributed by atoms with Gasteiger partial charge in [-0.3, -0.25) is 0 Å². The molecule has 0 saturated carbocycles. The lowest BCUT2D eigenvalue weighted by atomic mass is 10.2. The van der Waals surface area contributed by atoms with Crippen LogP contribution in [0.3, 0.4) is 0 Å². The molecule has 0 aliphatic heterocycles. The fourth-order valence-corrected chi connectivity index (χ4v) is 1.80. The van der Waals surface area contributed by atoms with Crippen LogP contribution in [-0.2, 0) is 6.54 Å². The molecule has 0 amide bonds. The Morgan fingerprint density at radius 1 is 1.18 bits per heavy atom. The minimum absolute atomic E-state index is 0.173. The molecule has 0 spiro atoms. The molecule has 0 aliphatic carbocycles. The van der Waals surface area contributed by atoms with Gasteiger partial charge in [0.1, 0.15) is 5.82 Å². The maximum absolute atomic E-state index is 12.9. The Morgan fingerprint density at radius 2 is 1.94 bits per heavy atom. The third kappa shape index (κ3) is 6.01. The molecule has 0 atom stereocenters. The molecule has 0 aromatic heterocycles. The van der Waals surface area contributed by atoms with Crippen molar-refractivity contribution < 1.29 is 9.50 Å². The largest absolute Gasteiger partial charge is 0.396 e. The fourth-order valence-electron chi connectivity index (χ4n) is 1.60. The summed E-state index contributed by atoms with van der Waals surface area (Å²) in [5.41, 5.74) is 0.992. The average Bonchev–Trinajstić information content (AvgIpc) is 2.32. The molecule has 96 valence electrons. The van der Waals surface area contributed by atoms with E-state index in [1.807, 2.05) is 0 Å². The summed E-state index contributed by atoms with van der Waals surface area (Å²) >= 11 is 5.68. The van der Waals surface area contributed by atoms with Gasteiger partial charge in [0.25, 0.3) is 0 Å². The first-order valence-electron chi connectivity index (χ1n) is 5.99. The molecule has 2 nitrogen and oxygen atoms in total. The molecular weight excluding hydrogens is 241 g/mol. The van der Waals surface area contributed by atoms with Gasteiger partial charge in [0, 0.05) is 13.2 Å². The monoisotopic (exact) mass is 259 g/mol. The molecule has 0 aliphatic rings. The number of hydrogen-bond donors (Lipinski definition) is 2. The van der Waals surface area contributed by atoms with Crippen molar-refractivity contribution in [2.75, 3.05) is 13.2 Å². The van der Waals surface area contributed by atoms with Crippen molar-refractivity contribution in [2.45, 2.75) is 32.2 Å². The number of aliphatic hydroxyl groups excluding tert-OH is 1. The number of halogens is 2. The standard InChI is InChI=1S/C13H19ClFNO/c14-12-9-11(5-6-13(12)15)10-16-7-3-1-2-4-8-17/h5-6,9,16-17H,1-4,7-8,10H2. The van der Waals surface area contributed by atoms with E-state index in [2.05, 4.69) is 5.32 Å². The Hall–Kier alpha value is -0.640. The van der Waals surface area contributed by atoms with Crippen molar-refractivity contribution in [3.8, 4) is 0 Å². The van der Waals surface area contributed by atoms with Crippen molar-refractivity contribution in [2.24, 2.45) is 0 Å². The lowest BCUT2D eigenvalue weighted by Gasteiger charge is -2.05. The van der Waals surface area contributed by atoms with Crippen molar-refractivity contribution in [1.29, 1.82) is 0 Å². The minimum atomic E-state index is -0.376. The van der Waals surface area contributed by atoms with Gasteiger partial charge in [-0.1, -0.05) is 30.5 Å². The molecule has 0 bridgehead atoms. The van der Waals surface area contributed by atoms with Gasteiger partial charge in [-0.2, -0.15) is 0 Å². The van der Waals surface area contributed by atoms with E-state index in [1.165, 1.54) is 6.07 Å². The van der Waals surface area contributed by atoms with Gasteiger partial charge in [0.15, 0.2) is 0 Å². The smallest absolute Gasteiger partial charge is 0.141 e. The number of hydrogen-bond acceptors (Lipinski definition) is 2. The zero-order chi connectivity index (χ0) is 12.5. The van der Waals surface area contributed by atoms with Crippen LogP contribution < -0.4 is 5.32 Å². The van der Waals surface area contributed by atoms with Crippen molar-refractivity contribution in [3.05, 3.63) is 34.6 Å². The highest BCUT2D eigenvalue weighted by molar-refractivity contribution is 6.30. The summed E-state index contributed by atoms with van der Waals surface area (Å²) in [5.74, 6) is -0.376. The topological polar surface area (TPSA) is 32.3 Å². The van der Waals surface area contributed by atoms with Crippen LogP contribution in [0, 0.1) is 5.82 Å². The third-order valence-electron chi connectivity index (χ3n) is 2.57. The van der Waals surface area contributed by atoms with E-state index < -0.39 is 0 Å². The van der Waals surface area contributed by atoms with E-state index in [-0.39, 0.29) is 17.4 Å². The summed E-state index contributed by atoms with van der Waals surface area (Å²) < 4.78 is 12.9. The fraction of sp³-hybridized carbons (Fsp3) is 0.538. The third-order valence-corrected chi connectivity index (χ3v) is 2.86. The number of unbranched alkanes of at least 4 members (excludes halogenated alkanes) is 3. The maximum atomic E-state index is 12.9. The molecule has 17 heavy (non-hydrogen) atoms. The molecular formula is C13H19ClFNO. The predicted octanol–water partition coefficient (Wildman–Crippen LogP) is 3.12. The van der Waals surface area contributed by atoms with Gasteiger partial charge < -0.3 is 10.4 Å². The number of rotatable bonds is 8. The van der Waals surface area contributed by atoms with Crippen molar-refractivity contribution in [3.63, 3.8) is 0 Å². The van der Waals surface area contributed by atoms with E-state index in [0.717, 1.165) is 37.8 Å². The second kappa shape index (κ2) is 8.45. The van der Waals surface area contributed by atoms with E-state index in [0.29, 0.717) is 6.54 Å². The first-order chi connectivity index (χ1) is 8.24. The Kier molecular flexibility index (Phi) is 7.17. The van der Waals surface area contributed by atoms with Gasteiger partial charge in [0.05, 0.1) is 5.02 Å². The van der Waals surface area contributed by atoms with E-state index in [4.69, 9.17) is 16.7 Å². The molecule has 1 rings (SSSR count). The van der Waals surface area contributed by atoms with Crippen LogP contribution in [0.5, 0.6) is 0 Å². The van der Waals surface area contributed by atoms with Crippen molar-refractivity contribution >= 4 is 11.6 Å². The molecule has 0 heterocycles. The minimum Gasteiger partial charge on any atom is -0.396 e. The van der Waals surface area contributed by atoms with Crippen LogP contribution in [-0.4, -0.2) is 18.3 Å². The zero-order valence-electron chi connectivity index (χ0n) is 9.88. The van der Waals surface area contributed by atoms with Crippen LogP contribution in [0.15, 0.2) is 18.2 Å². The summed E-state index contributed by atoms with van der Waals surface area (Å²) in [5, 5.41) is 12.1. The summed E-state index contributed by atoms with van der Waals surface area (Å²) in [7, 11) is 0. The molecule has 1 aromatic rings. The van der Waals surface area contributed by atoms with E-state index in [1.54, 1.807) is 12.1 Å². The van der Waals surface area contributed by atoms with Crippen LogP contribution in [0.1, 0.15) is 31.2 Å². The van der Waals surface area contributed by atoms with Gasteiger partial charge in [-0.05, 0) is 37.1 Å². The number of benzene rings is 1. The molecule has 2 N–H and O–H groups in total. The summed E-state index contributed by atoms with van der Waals surface area (Å²) in [6, 6.07) is 4.77. The quantitative estimate of drug-likeness (QED) is 0.703. The SMILES string of the molecule is OCCCCCCNCc1ccc(F)c(Cl)c1. The number of aliphatic hydroxyl groups is 1. The molecule has 0 fully saturated rings. The predicted molar refractivity (Wildman–Crippen MR) is 68.7 cm³/mol. The molecule has 1 aromatic carbocycles. The lowest BCUT2D eigenvalue weighted by molar-refractivity contribution is 0.282. The molecule has 0 saturated heterocycles. The molecule has 0 radical (unpaired) electrons. The Bertz CT molecular complexity index is 333. The Labute approximate surface area is 107 Å². The first-order valence-corrected chi connectivity index (χ1v) is 6.37. The van der Waals surface area contributed by atoms with Crippen molar-refractivity contribution in [1.82, 2.24) is 5.32 Å². The van der Waals surface area contributed by atoms with Gasteiger partial charge in [-0.25, -0.2) is 4.39 Å². The van der Waals surface area contributed by atoms with Crippen LogP contribution in [0.4, 0.5) is 4.39 Å². The van der Waals surface area contributed by atoms with E-state index >= 15 is 0 Å². The highest BCUT2D eigenvalue weighted by Crippen LogP contribution is 2.15. The van der Waals surface area contributed by atoms with Crippen LogP contribution in [0.2, 0.25) is 5.02 Å². The normalized spacial score (nSPS) is 10.8. The summed E-state index contributed by atoms with van der Waals surface area (Å²) in [6.45, 7) is 1.92. The summed E-state index contributed by atoms with van der Waals surface area (Å²) in [4.78, 5) is 0. The number of nitrogens with one attached hydrogen (secondary N) is 1. The Morgan fingerprint density at radius 3 is 2.65 bits per heavy atom. The highest BCUT2D eigenvalue weighted by atomic mass is 35.5. The van der Waals surface area contributed by atoms with Crippen LogP contribution in [0.25, 0.3) is 0 Å². The molecule has 0 unspecified atom stereocenters. The lowest BCUT2D eigenvalue weighted by Crippen LogP contribution is -2.14. The second-order valence-corrected chi connectivity index (χ2v) is 4.47. The highest BCUT2D eigenvalue weighted by Gasteiger charge is 2.00. The average molecular weight is 260 g/mol. The van der Waals surface area contributed by atoms with E-state index in [9.17, 15) is 4.39 Å². The maximum Gasteiger partial charge on any atom is 0.141 e. The van der Waals surface area contributed by atoms with Gasteiger partial charge >= 0.3 is 0 Å². The molecule has 4 heteroatoms. The van der Waals surface area contributed by atoms with Gasteiger partial charge in [-0.15, -0.1) is 0 Å². The Balaban J connectivity index is 2.11. The zero-order valence-corrected chi connectivity index (χ0v) is 10.6. The van der Waals surface area contributed by atoms with Gasteiger partial charge in [0.2, 0.25) is 0 Å². The second-order valence-electron chi connectivity index (χ2n) is 4.06. The van der Waals surface area contributed by atoms with Crippen LogP contribution >= 0.6 is 11.6 Å². The first kappa shape index (κ1) is 14.4.